The highest BCUT2D eigenvalue weighted by atomic mass is 32.1. The summed E-state index contributed by atoms with van der Waals surface area (Å²) in [4.78, 5) is 20.7. The van der Waals surface area contributed by atoms with E-state index < -0.39 is 0 Å². The Balaban J connectivity index is 1.26. The van der Waals surface area contributed by atoms with E-state index in [1.165, 1.54) is 31.6 Å². The van der Waals surface area contributed by atoms with Gasteiger partial charge in [0.15, 0.2) is 17.5 Å². The summed E-state index contributed by atoms with van der Waals surface area (Å²) in [5, 5.41) is 7.14. The SMILES string of the molecule is c1ccc(-c2nc(-c3ccccc3)nc(-c3cc(-c4cc5ccccc5c5ccccc45)cc(-c4c5ccccc5nc5c4sc4ccccc45)c3)n2)cc1. The quantitative estimate of drug-likeness (QED) is 0.166. The Hall–Kier alpha value is -7.08. The molecule has 0 N–H and O–H groups in total. The van der Waals surface area contributed by atoms with E-state index >= 15 is 0 Å². The van der Waals surface area contributed by atoms with E-state index in [-0.39, 0.29) is 0 Å². The predicted octanol–water partition coefficient (Wildman–Crippen LogP) is 13.4. The van der Waals surface area contributed by atoms with Crippen LogP contribution in [0.1, 0.15) is 0 Å². The first kappa shape index (κ1) is 31.4. The Bertz CT molecular complexity index is 3210. The number of hydrogen-bond donors (Lipinski definition) is 0. The number of rotatable bonds is 5. The van der Waals surface area contributed by atoms with Gasteiger partial charge in [-0.25, -0.2) is 19.9 Å². The van der Waals surface area contributed by atoms with Crippen LogP contribution in [0, 0.1) is 0 Å². The smallest absolute Gasteiger partial charge is 0.164 e. The van der Waals surface area contributed by atoms with Crippen molar-refractivity contribution in [3.63, 3.8) is 0 Å². The molecule has 5 heteroatoms. The molecule has 0 atom stereocenters. The first-order valence-electron chi connectivity index (χ1n) is 18.4. The van der Waals surface area contributed by atoms with Crippen LogP contribution < -0.4 is 0 Å². The van der Waals surface area contributed by atoms with Crippen LogP contribution >= 0.6 is 11.3 Å². The molecule has 11 aromatic rings. The second-order valence-corrected chi connectivity index (χ2v) is 14.9. The van der Waals surface area contributed by atoms with Gasteiger partial charge in [-0.3, -0.25) is 0 Å². The Labute approximate surface area is 321 Å². The van der Waals surface area contributed by atoms with Crippen LogP contribution in [0.25, 0.3) is 109 Å². The molecule has 0 unspecified atom stereocenters. The average Bonchev–Trinajstić information content (AvgIpc) is 3.63. The lowest BCUT2D eigenvalue weighted by molar-refractivity contribution is 1.07. The van der Waals surface area contributed by atoms with Gasteiger partial charge in [0.25, 0.3) is 0 Å². The van der Waals surface area contributed by atoms with Crippen molar-refractivity contribution in [3.8, 4) is 56.4 Å². The van der Waals surface area contributed by atoms with E-state index in [0.29, 0.717) is 17.5 Å². The molecule has 0 aliphatic rings. The van der Waals surface area contributed by atoms with E-state index in [0.717, 1.165) is 60.1 Å². The fourth-order valence-electron chi connectivity index (χ4n) is 7.91. The molecule has 256 valence electrons. The van der Waals surface area contributed by atoms with Crippen molar-refractivity contribution in [1.82, 2.24) is 19.9 Å². The van der Waals surface area contributed by atoms with Crippen LogP contribution in [0.3, 0.4) is 0 Å². The minimum Gasteiger partial charge on any atom is -0.246 e. The Morgan fingerprint density at radius 2 is 0.873 bits per heavy atom. The third-order valence-electron chi connectivity index (χ3n) is 10.5. The topological polar surface area (TPSA) is 51.6 Å². The maximum absolute atomic E-state index is 5.26. The number of benzene rings is 8. The molecule has 8 aromatic carbocycles. The summed E-state index contributed by atoms with van der Waals surface area (Å²) in [6.07, 6.45) is 0. The molecule has 0 saturated carbocycles. The first-order chi connectivity index (χ1) is 27.2. The molecule has 3 heterocycles. The van der Waals surface area contributed by atoms with Gasteiger partial charge in [-0.15, -0.1) is 11.3 Å². The number of nitrogens with zero attached hydrogens (tertiary/aromatic N) is 4. The molecule has 0 bridgehead atoms. The van der Waals surface area contributed by atoms with Crippen molar-refractivity contribution in [2.45, 2.75) is 0 Å². The lowest BCUT2D eigenvalue weighted by Gasteiger charge is -2.16. The van der Waals surface area contributed by atoms with Crippen molar-refractivity contribution < 1.29 is 0 Å². The van der Waals surface area contributed by atoms with Crippen molar-refractivity contribution >= 4 is 64.1 Å². The van der Waals surface area contributed by atoms with Crippen LogP contribution in [-0.2, 0) is 0 Å². The van der Waals surface area contributed by atoms with E-state index in [1.807, 2.05) is 36.4 Å². The van der Waals surface area contributed by atoms with E-state index in [1.54, 1.807) is 11.3 Å². The Morgan fingerprint density at radius 3 is 1.60 bits per heavy atom. The molecule has 0 amide bonds. The molecule has 11 rings (SSSR count). The minimum absolute atomic E-state index is 0.617. The van der Waals surface area contributed by atoms with Crippen LogP contribution in [0.5, 0.6) is 0 Å². The van der Waals surface area contributed by atoms with Crippen molar-refractivity contribution in [3.05, 3.63) is 182 Å². The van der Waals surface area contributed by atoms with Crippen LogP contribution in [0.15, 0.2) is 182 Å². The van der Waals surface area contributed by atoms with Gasteiger partial charge in [0.05, 0.1) is 15.7 Å². The van der Waals surface area contributed by atoms with E-state index in [2.05, 4.69) is 146 Å². The maximum Gasteiger partial charge on any atom is 0.164 e. The number of pyridine rings is 1. The third kappa shape index (κ3) is 5.36. The molecule has 4 nitrogen and oxygen atoms in total. The monoisotopic (exact) mass is 718 g/mol. The molecule has 3 aromatic heterocycles. The van der Waals surface area contributed by atoms with Gasteiger partial charge in [-0.1, -0.05) is 146 Å². The first-order valence-corrected chi connectivity index (χ1v) is 19.2. The number of fused-ring (bicyclic) bond motifs is 7. The lowest BCUT2D eigenvalue weighted by Crippen LogP contribution is -2.00. The van der Waals surface area contributed by atoms with Gasteiger partial charge in [0, 0.05) is 37.7 Å². The summed E-state index contributed by atoms with van der Waals surface area (Å²) in [6.45, 7) is 0. The largest absolute Gasteiger partial charge is 0.246 e. The van der Waals surface area contributed by atoms with Gasteiger partial charge < -0.3 is 0 Å². The summed E-state index contributed by atoms with van der Waals surface area (Å²) in [6, 6.07) is 64.0. The molecule has 0 radical (unpaired) electrons. The van der Waals surface area contributed by atoms with Gasteiger partial charge in [0.1, 0.15) is 0 Å². The van der Waals surface area contributed by atoms with E-state index in [4.69, 9.17) is 19.9 Å². The zero-order valence-corrected chi connectivity index (χ0v) is 30.3. The van der Waals surface area contributed by atoms with Gasteiger partial charge >= 0.3 is 0 Å². The molecule has 0 aliphatic carbocycles. The average molecular weight is 719 g/mol. The zero-order chi connectivity index (χ0) is 36.3. The molecule has 55 heavy (non-hydrogen) atoms. The summed E-state index contributed by atoms with van der Waals surface area (Å²) in [5.41, 5.74) is 9.27. The molecule has 0 fully saturated rings. The maximum atomic E-state index is 5.26. The van der Waals surface area contributed by atoms with Gasteiger partial charge in [-0.2, -0.15) is 0 Å². The molecular weight excluding hydrogens is 689 g/mol. The highest BCUT2D eigenvalue weighted by Gasteiger charge is 2.20. The second kappa shape index (κ2) is 12.8. The fraction of sp³-hybridized carbons (Fsp3) is 0. The highest BCUT2D eigenvalue weighted by molar-refractivity contribution is 7.26. The third-order valence-corrected chi connectivity index (χ3v) is 11.6. The number of para-hydroxylation sites is 1. The molecule has 0 spiro atoms. The normalized spacial score (nSPS) is 11.6. The second-order valence-electron chi connectivity index (χ2n) is 13.8. The summed E-state index contributed by atoms with van der Waals surface area (Å²) in [5.74, 6) is 1.88. The van der Waals surface area contributed by atoms with Crippen molar-refractivity contribution in [1.29, 1.82) is 0 Å². The van der Waals surface area contributed by atoms with Crippen molar-refractivity contribution in [2.24, 2.45) is 0 Å². The summed E-state index contributed by atoms with van der Waals surface area (Å²) in [7, 11) is 0. The predicted molar refractivity (Wildman–Crippen MR) is 230 cm³/mol. The van der Waals surface area contributed by atoms with Crippen molar-refractivity contribution in [2.75, 3.05) is 0 Å². The van der Waals surface area contributed by atoms with Crippen LogP contribution in [-0.4, -0.2) is 19.9 Å². The standard InChI is InChI=1S/C50H30N4S/c1-3-15-31(16-4-1)48-52-49(32-17-5-2-6-18-32)54-50(53-48)36-28-34(42-30-33-19-7-8-20-37(33)38-21-9-10-22-39(38)42)27-35(29-36)45-40-23-11-13-25-43(40)51-46-41-24-12-14-26-44(41)55-47(45)46/h1-30H. The summed E-state index contributed by atoms with van der Waals surface area (Å²) >= 11 is 1.80. The number of hydrogen-bond acceptors (Lipinski definition) is 5. The fourth-order valence-corrected chi connectivity index (χ4v) is 9.13. The molecular formula is C50H30N4S. The molecule has 0 saturated heterocycles. The number of thiophene rings is 1. The van der Waals surface area contributed by atoms with Crippen LogP contribution in [0.2, 0.25) is 0 Å². The lowest BCUT2D eigenvalue weighted by atomic mass is 9.89. The highest BCUT2D eigenvalue weighted by Crippen LogP contribution is 2.45. The zero-order valence-electron chi connectivity index (χ0n) is 29.5. The Morgan fingerprint density at radius 1 is 0.345 bits per heavy atom. The van der Waals surface area contributed by atoms with Gasteiger partial charge in [0.2, 0.25) is 0 Å². The van der Waals surface area contributed by atoms with E-state index in [9.17, 15) is 0 Å². The Kier molecular flexibility index (Phi) is 7.32. The van der Waals surface area contributed by atoms with Gasteiger partial charge in [-0.05, 0) is 74.6 Å². The van der Waals surface area contributed by atoms with Crippen LogP contribution in [0.4, 0.5) is 0 Å². The molecule has 0 aliphatic heterocycles. The minimum atomic E-state index is 0.617. The number of aromatic nitrogens is 4. The summed E-state index contributed by atoms with van der Waals surface area (Å²) < 4.78 is 2.38.